The first-order valence-corrected chi connectivity index (χ1v) is 9.42. The first-order chi connectivity index (χ1) is 14.8. The van der Waals surface area contributed by atoms with Crippen molar-refractivity contribution in [1.29, 1.82) is 0 Å². The minimum atomic E-state index is -1.39. The maximum absolute atomic E-state index is 12.6. The molecule has 0 unspecified atom stereocenters. The summed E-state index contributed by atoms with van der Waals surface area (Å²) < 4.78 is 5.05. The summed E-state index contributed by atoms with van der Waals surface area (Å²) in [6.07, 6.45) is -1.74. The van der Waals surface area contributed by atoms with Crippen molar-refractivity contribution in [2.24, 2.45) is 4.99 Å². The third-order valence-electron chi connectivity index (χ3n) is 4.16. The number of alkyl carbamates (subject to hydrolysis) is 1. The van der Waals surface area contributed by atoms with Gasteiger partial charge in [-0.05, 0) is 17.5 Å². The minimum absolute atomic E-state index is 0.0514. The van der Waals surface area contributed by atoms with Crippen molar-refractivity contribution in [3.05, 3.63) is 71.8 Å². The predicted molar refractivity (Wildman–Crippen MR) is 111 cm³/mol. The smallest absolute Gasteiger partial charge is 0.408 e. The van der Waals surface area contributed by atoms with E-state index in [1.165, 1.54) is 0 Å². The fourth-order valence-electron chi connectivity index (χ4n) is 2.60. The maximum atomic E-state index is 12.6. The first kappa shape index (κ1) is 23.3. The Kier molecular flexibility index (Phi) is 8.90. The topological polar surface area (TPSA) is 142 Å². The van der Waals surface area contributed by atoms with E-state index in [9.17, 15) is 24.3 Å². The van der Waals surface area contributed by atoms with Crippen LogP contribution in [0.1, 0.15) is 24.0 Å². The lowest BCUT2D eigenvalue weighted by molar-refractivity contribution is -0.137. The summed E-state index contributed by atoms with van der Waals surface area (Å²) in [5.74, 6) is -3.53. The molecule has 9 nitrogen and oxygen atoms in total. The largest absolute Gasteiger partial charge is 0.481 e. The summed E-state index contributed by atoms with van der Waals surface area (Å²) in [4.78, 5) is 50.7. The molecule has 0 saturated heterocycles. The predicted octanol–water partition coefficient (Wildman–Crippen LogP) is 2.44. The van der Waals surface area contributed by atoms with E-state index in [2.05, 4.69) is 10.3 Å². The Morgan fingerprint density at radius 2 is 1.48 bits per heavy atom. The second kappa shape index (κ2) is 11.9. The van der Waals surface area contributed by atoms with Crippen LogP contribution in [0.15, 0.2) is 65.7 Å². The van der Waals surface area contributed by atoms with Crippen molar-refractivity contribution >= 4 is 29.7 Å². The molecule has 2 aromatic rings. The van der Waals surface area contributed by atoms with E-state index in [0.29, 0.717) is 5.56 Å². The summed E-state index contributed by atoms with van der Waals surface area (Å²) in [6.45, 7) is -0.0514. The number of aliphatic imine (C=N–C) groups is 1. The van der Waals surface area contributed by atoms with Crippen LogP contribution in [0.3, 0.4) is 0 Å². The summed E-state index contributed by atoms with van der Waals surface area (Å²) in [5, 5.41) is 20.6. The Bertz CT molecular complexity index is 943. The lowest BCUT2D eigenvalue weighted by Crippen LogP contribution is -2.41. The molecule has 0 aromatic heterocycles. The molecule has 0 saturated carbocycles. The summed E-state index contributed by atoms with van der Waals surface area (Å²) >= 11 is 0. The summed E-state index contributed by atoms with van der Waals surface area (Å²) in [6, 6.07) is 16.1. The van der Waals surface area contributed by atoms with Crippen LogP contribution in [0.2, 0.25) is 0 Å². The molecule has 0 radical (unpaired) electrons. The normalized spacial score (nSPS) is 11.9. The average Bonchev–Trinajstić information content (AvgIpc) is 2.75. The number of hydrogen-bond donors (Lipinski definition) is 3. The zero-order chi connectivity index (χ0) is 22.6. The minimum Gasteiger partial charge on any atom is -0.481 e. The molecule has 3 N–H and O–H groups in total. The van der Waals surface area contributed by atoms with Gasteiger partial charge in [0.05, 0.1) is 0 Å². The molecular formula is C22H22N2O7. The first-order valence-electron chi connectivity index (χ1n) is 9.42. The summed E-state index contributed by atoms with van der Waals surface area (Å²) in [5.41, 5.74) is 0.935. The van der Waals surface area contributed by atoms with Crippen molar-refractivity contribution in [1.82, 2.24) is 5.32 Å². The Morgan fingerprint density at radius 3 is 2.03 bits per heavy atom. The molecule has 2 aromatic carbocycles. The molecule has 0 aliphatic rings. The van der Waals surface area contributed by atoms with Gasteiger partial charge in [-0.1, -0.05) is 60.7 Å². The number of carbonyl (C=O) groups is 4. The maximum Gasteiger partial charge on any atom is 0.408 e. The fraction of sp³-hybridized carbons (Fsp3) is 0.227. The highest BCUT2D eigenvalue weighted by Crippen LogP contribution is 2.07. The molecule has 1 atom stereocenters. The van der Waals surface area contributed by atoms with Gasteiger partial charge in [-0.3, -0.25) is 9.59 Å². The van der Waals surface area contributed by atoms with Crippen molar-refractivity contribution in [2.75, 3.05) is 0 Å². The van der Waals surface area contributed by atoms with Crippen LogP contribution in [0, 0.1) is 0 Å². The molecule has 0 spiro atoms. The van der Waals surface area contributed by atoms with Crippen LogP contribution in [-0.4, -0.2) is 45.9 Å². The third-order valence-corrected chi connectivity index (χ3v) is 4.16. The lowest BCUT2D eigenvalue weighted by Gasteiger charge is -2.15. The standard InChI is InChI=1S/C22H22N2O7/c25-19(26)12-11-17(24-22(30)31-14-16-9-5-2-6-10-16)20(27)23-18(21(28)29)13-15-7-3-1-4-8-15/h1-10,17H,11-14H2,(H,24,30)(H,25,26)(H,28,29)/t17-/m0/s1. The third kappa shape index (κ3) is 8.48. The van der Waals surface area contributed by atoms with Gasteiger partial charge in [0.25, 0.3) is 5.91 Å². The summed E-state index contributed by atoms with van der Waals surface area (Å²) in [7, 11) is 0. The van der Waals surface area contributed by atoms with E-state index in [1.807, 2.05) is 0 Å². The number of nitrogens with zero attached hydrogens (tertiary/aromatic N) is 1. The number of carbonyl (C=O) groups excluding carboxylic acids is 2. The van der Waals surface area contributed by atoms with Gasteiger partial charge in [0.1, 0.15) is 18.4 Å². The van der Waals surface area contributed by atoms with Crippen LogP contribution in [0.25, 0.3) is 0 Å². The van der Waals surface area contributed by atoms with Gasteiger partial charge < -0.3 is 20.3 Å². The van der Waals surface area contributed by atoms with E-state index in [-0.39, 0.29) is 19.4 Å². The number of amides is 2. The highest BCUT2D eigenvalue weighted by molar-refractivity contribution is 6.37. The van der Waals surface area contributed by atoms with E-state index in [4.69, 9.17) is 9.84 Å². The Labute approximate surface area is 178 Å². The monoisotopic (exact) mass is 426 g/mol. The van der Waals surface area contributed by atoms with Crippen LogP contribution in [0.4, 0.5) is 4.79 Å². The van der Waals surface area contributed by atoms with Gasteiger partial charge in [0.2, 0.25) is 0 Å². The number of ether oxygens (including phenoxy) is 1. The second-order valence-corrected chi connectivity index (χ2v) is 6.56. The Morgan fingerprint density at radius 1 is 0.903 bits per heavy atom. The molecule has 0 heterocycles. The molecule has 2 amide bonds. The van der Waals surface area contributed by atoms with Gasteiger partial charge >= 0.3 is 18.0 Å². The number of rotatable bonds is 10. The van der Waals surface area contributed by atoms with Crippen molar-refractivity contribution in [3.63, 3.8) is 0 Å². The van der Waals surface area contributed by atoms with Crippen molar-refractivity contribution < 1.29 is 34.1 Å². The van der Waals surface area contributed by atoms with Gasteiger partial charge in [-0.25, -0.2) is 14.6 Å². The van der Waals surface area contributed by atoms with Crippen LogP contribution in [0.5, 0.6) is 0 Å². The molecule has 9 heteroatoms. The quantitative estimate of drug-likeness (QED) is 0.495. The van der Waals surface area contributed by atoms with E-state index in [0.717, 1.165) is 5.56 Å². The van der Waals surface area contributed by atoms with Gasteiger partial charge in [-0.15, -0.1) is 0 Å². The fourth-order valence-corrected chi connectivity index (χ4v) is 2.60. The number of carboxylic acid groups (broad SMARTS) is 2. The SMILES string of the molecule is O=C(O)CC[C@H](NC(=O)OCc1ccccc1)C(=O)N=C(Cc1ccccc1)C(=O)O. The highest BCUT2D eigenvalue weighted by atomic mass is 16.5. The van der Waals surface area contributed by atoms with E-state index < -0.39 is 42.1 Å². The number of nitrogens with one attached hydrogen (secondary N) is 1. The molecular weight excluding hydrogens is 404 g/mol. The zero-order valence-electron chi connectivity index (χ0n) is 16.6. The van der Waals surface area contributed by atoms with Gasteiger partial charge in [0, 0.05) is 12.8 Å². The number of hydrogen-bond acceptors (Lipinski definition) is 5. The molecule has 2 rings (SSSR count). The van der Waals surface area contributed by atoms with Crippen molar-refractivity contribution in [2.45, 2.75) is 31.9 Å². The Balaban J connectivity index is 2.09. The highest BCUT2D eigenvalue weighted by Gasteiger charge is 2.24. The zero-order valence-corrected chi connectivity index (χ0v) is 16.6. The lowest BCUT2D eigenvalue weighted by atomic mass is 10.1. The van der Waals surface area contributed by atoms with Crippen LogP contribution >= 0.6 is 0 Å². The van der Waals surface area contributed by atoms with E-state index in [1.54, 1.807) is 60.7 Å². The molecule has 0 bridgehead atoms. The second-order valence-electron chi connectivity index (χ2n) is 6.56. The molecule has 162 valence electrons. The Hall–Kier alpha value is -4.01. The number of aliphatic carboxylic acids is 2. The van der Waals surface area contributed by atoms with Gasteiger partial charge in [0.15, 0.2) is 0 Å². The number of benzene rings is 2. The molecule has 31 heavy (non-hydrogen) atoms. The van der Waals surface area contributed by atoms with Crippen LogP contribution in [-0.2, 0) is 32.1 Å². The molecule has 0 aliphatic heterocycles. The van der Waals surface area contributed by atoms with E-state index >= 15 is 0 Å². The molecule has 0 fully saturated rings. The van der Waals surface area contributed by atoms with Crippen LogP contribution < -0.4 is 5.32 Å². The molecule has 0 aliphatic carbocycles. The average molecular weight is 426 g/mol. The number of carboxylic acids is 2. The van der Waals surface area contributed by atoms with Gasteiger partial charge in [-0.2, -0.15) is 0 Å². The van der Waals surface area contributed by atoms with Crippen molar-refractivity contribution in [3.8, 4) is 0 Å².